The quantitative estimate of drug-likeness (QED) is 0.434. The number of hydrogen-bond acceptors (Lipinski definition) is 6. The van der Waals surface area contributed by atoms with Crippen molar-refractivity contribution in [1.82, 2.24) is 0 Å². The van der Waals surface area contributed by atoms with Gasteiger partial charge in [-0.05, 0) is 18.2 Å². The third kappa shape index (κ3) is 4.19. The first-order chi connectivity index (χ1) is 9.96. The molecular weight excluding hydrogens is 323 g/mol. The molecular formula is C11H10F3N5O2S. The topological polar surface area (TPSA) is 132 Å². The Kier molecular flexibility index (Phi) is 4.77. The van der Waals surface area contributed by atoms with Crippen LogP contribution in [0.3, 0.4) is 0 Å². The van der Waals surface area contributed by atoms with E-state index in [4.69, 9.17) is 16.4 Å². The third-order valence-electron chi connectivity index (χ3n) is 2.37. The molecule has 1 aromatic rings. The van der Waals surface area contributed by atoms with Gasteiger partial charge in [0, 0.05) is 6.26 Å². The van der Waals surface area contributed by atoms with Crippen LogP contribution >= 0.6 is 0 Å². The van der Waals surface area contributed by atoms with Crippen LogP contribution in [-0.2, 0) is 16.0 Å². The Morgan fingerprint density at radius 2 is 2.05 bits per heavy atom. The second kappa shape index (κ2) is 6.02. The number of benzene rings is 1. The molecule has 22 heavy (non-hydrogen) atoms. The molecule has 0 radical (unpaired) electrons. The predicted octanol–water partition coefficient (Wildman–Crippen LogP) is 1.34. The van der Waals surface area contributed by atoms with Crippen LogP contribution in [0.4, 0.5) is 18.9 Å². The van der Waals surface area contributed by atoms with Crippen LogP contribution < -0.4 is 11.2 Å². The minimum Gasteiger partial charge on any atom is -0.382 e. The lowest BCUT2D eigenvalue weighted by Crippen LogP contribution is -2.22. The molecule has 0 aliphatic rings. The number of nitriles is 1. The van der Waals surface area contributed by atoms with Crippen LogP contribution in [0.2, 0.25) is 0 Å². The lowest BCUT2D eigenvalue weighted by molar-refractivity contribution is -0.137. The van der Waals surface area contributed by atoms with E-state index >= 15 is 0 Å². The highest BCUT2D eigenvalue weighted by Gasteiger charge is 2.34. The normalized spacial score (nSPS) is 12.6. The van der Waals surface area contributed by atoms with Crippen LogP contribution in [0.25, 0.3) is 0 Å². The van der Waals surface area contributed by atoms with Crippen molar-refractivity contribution in [2.24, 2.45) is 10.8 Å². The Morgan fingerprint density at radius 1 is 1.45 bits per heavy atom. The number of hydrogen-bond donors (Lipinski definition) is 3. The molecule has 0 spiro atoms. The van der Waals surface area contributed by atoms with E-state index in [1.165, 1.54) is 6.07 Å². The minimum atomic E-state index is -4.85. The fourth-order valence-corrected chi connectivity index (χ4v) is 1.99. The molecule has 11 heteroatoms. The highest BCUT2D eigenvalue weighted by Crippen LogP contribution is 2.36. The number of rotatable bonds is 4. The number of alkyl halides is 3. The van der Waals surface area contributed by atoms with Gasteiger partial charge < -0.3 is 5.73 Å². The molecule has 0 saturated carbocycles. The molecule has 0 aromatic heterocycles. The maximum atomic E-state index is 13.0. The van der Waals surface area contributed by atoms with Gasteiger partial charge >= 0.3 is 6.18 Å². The van der Waals surface area contributed by atoms with Gasteiger partial charge in [-0.25, -0.2) is 8.42 Å². The smallest absolute Gasteiger partial charge is 0.382 e. The summed E-state index contributed by atoms with van der Waals surface area (Å²) in [5.74, 6) is -0.726. The summed E-state index contributed by atoms with van der Waals surface area (Å²) >= 11 is 0. The largest absolute Gasteiger partial charge is 0.418 e. The molecule has 0 amide bonds. The molecule has 7 nitrogen and oxygen atoms in total. The molecule has 0 heterocycles. The molecule has 0 fully saturated rings. The van der Waals surface area contributed by atoms with Crippen molar-refractivity contribution in [3.63, 3.8) is 0 Å². The summed E-state index contributed by atoms with van der Waals surface area (Å²) in [5, 5.41) is 18.9. The number of anilines is 1. The van der Waals surface area contributed by atoms with E-state index in [0.717, 1.165) is 18.4 Å². The Morgan fingerprint density at radius 3 is 2.45 bits per heavy atom. The van der Waals surface area contributed by atoms with Crippen LogP contribution in [0.15, 0.2) is 28.2 Å². The van der Waals surface area contributed by atoms with Crippen molar-refractivity contribution in [2.45, 2.75) is 11.1 Å². The zero-order valence-electron chi connectivity index (χ0n) is 11.1. The highest BCUT2D eigenvalue weighted by atomic mass is 32.2. The van der Waals surface area contributed by atoms with E-state index in [9.17, 15) is 21.6 Å². The van der Waals surface area contributed by atoms with Gasteiger partial charge in [0.15, 0.2) is 15.7 Å². The molecule has 0 atom stereocenters. The number of hydrazone groups is 1. The number of sulfone groups is 1. The fourth-order valence-electron chi connectivity index (χ4n) is 1.35. The van der Waals surface area contributed by atoms with Crippen molar-refractivity contribution >= 4 is 27.1 Å². The number of amidine groups is 1. The molecule has 1 aromatic carbocycles. The first-order valence-corrected chi connectivity index (χ1v) is 7.35. The van der Waals surface area contributed by atoms with Crippen molar-refractivity contribution in [2.75, 3.05) is 11.7 Å². The predicted molar refractivity (Wildman–Crippen MR) is 73.1 cm³/mol. The number of nitrogens with two attached hydrogens (primary N) is 1. The average Bonchev–Trinajstić information content (AvgIpc) is 2.36. The Bertz CT molecular complexity index is 778. The van der Waals surface area contributed by atoms with E-state index in [0.29, 0.717) is 6.07 Å². The van der Waals surface area contributed by atoms with E-state index < -0.39 is 43.7 Å². The van der Waals surface area contributed by atoms with Crippen molar-refractivity contribution in [3.05, 3.63) is 23.8 Å². The Hall–Kier alpha value is -2.61. The molecule has 1 rings (SSSR count). The number of nitrogens with one attached hydrogen (secondary N) is 2. The summed E-state index contributed by atoms with van der Waals surface area (Å²) in [6.07, 6.45) is -4.07. The zero-order chi connectivity index (χ0) is 17.1. The lowest BCUT2D eigenvalue weighted by atomic mass is 10.2. The van der Waals surface area contributed by atoms with Crippen LogP contribution in [0.1, 0.15) is 5.56 Å². The SMILES string of the molecule is CS(=O)(=O)c1ccc(N/N=C(\C#N)C(=N)N)c(C(F)(F)F)c1. The second-order valence-corrected chi connectivity index (χ2v) is 6.09. The summed E-state index contributed by atoms with van der Waals surface area (Å²) < 4.78 is 61.5. The third-order valence-corrected chi connectivity index (χ3v) is 3.48. The van der Waals surface area contributed by atoms with Gasteiger partial charge in [-0.2, -0.15) is 23.5 Å². The standard InChI is InChI=1S/C11H10F3N5O2S/c1-22(20,21)6-2-3-8(7(4-6)11(12,13)14)18-19-9(5-15)10(16)17/h2-4,18H,1H3,(H3,16,17)/b19-9+. The monoisotopic (exact) mass is 333 g/mol. The van der Waals surface area contributed by atoms with E-state index in [1.54, 1.807) is 0 Å². The van der Waals surface area contributed by atoms with Crippen LogP contribution in [0.5, 0.6) is 0 Å². The summed E-state index contributed by atoms with van der Waals surface area (Å²) in [4.78, 5) is -0.513. The lowest BCUT2D eigenvalue weighted by Gasteiger charge is -2.13. The Balaban J connectivity index is 3.38. The summed E-state index contributed by atoms with van der Waals surface area (Å²) in [6, 6.07) is 3.70. The van der Waals surface area contributed by atoms with Gasteiger partial charge in [0.25, 0.3) is 0 Å². The zero-order valence-corrected chi connectivity index (χ0v) is 11.9. The van der Waals surface area contributed by atoms with Crippen molar-refractivity contribution in [1.29, 1.82) is 10.7 Å². The summed E-state index contributed by atoms with van der Waals surface area (Å²) in [5.41, 5.74) is 4.50. The first kappa shape index (κ1) is 17.4. The summed E-state index contributed by atoms with van der Waals surface area (Å²) in [6.45, 7) is 0. The number of nitrogens with zero attached hydrogens (tertiary/aromatic N) is 2. The molecule has 4 N–H and O–H groups in total. The van der Waals surface area contributed by atoms with E-state index in [1.807, 2.05) is 5.43 Å². The number of halogens is 3. The maximum Gasteiger partial charge on any atom is 0.418 e. The van der Waals surface area contributed by atoms with E-state index in [2.05, 4.69) is 5.10 Å². The molecule has 0 unspecified atom stereocenters. The first-order valence-electron chi connectivity index (χ1n) is 5.46. The fraction of sp³-hybridized carbons (Fsp3) is 0.182. The molecule has 0 aliphatic carbocycles. The molecule has 0 bridgehead atoms. The van der Waals surface area contributed by atoms with Gasteiger partial charge in [-0.3, -0.25) is 10.8 Å². The van der Waals surface area contributed by atoms with E-state index in [-0.39, 0.29) is 0 Å². The van der Waals surface area contributed by atoms with Gasteiger partial charge in [0.05, 0.1) is 16.1 Å². The van der Waals surface area contributed by atoms with Crippen molar-refractivity contribution in [3.8, 4) is 6.07 Å². The Labute approximate surface area is 123 Å². The van der Waals surface area contributed by atoms with Gasteiger partial charge in [0.1, 0.15) is 6.07 Å². The van der Waals surface area contributed by atoms with Crippen LogP contribution in [-0.4, -0.2) is 26.2 Å². The van der Waals surface area contributed by atoms with Gasteiger partial charge in [-0.1, -0.05) is 0 Å². The summed E-state index contributed by atoms with van der Waals surface area (Å²) in [7, 11) is -3.82. The minimum absolute atomic E-state index is 0.451. The van der Waals surface area contributed by atoms with Gasteiger partial charge in [0.2, 0.25) is 5.71 Å². The highest BCUT2D eigenvalue weighted by molar-refractivity contribution is 7.90. The maximum absolute atomic E-state index is 13.0. The molecule has 0 aliphatic heterocycles. The van der Waals surface area contributed by atoms with Crippen LogP contribution in [0, 0.1) is 16.7 Å². The average molecular weight is 333 g/mol. The molecule has 0 saturated heterocycles. The second-order valence-electron chi connectivity index (χ2n) is 4.08. The molecule has 118 valence electrons. The van der Waals surface area contributed by atoms with Crippen molar-refractivity contribution < 1.29 is 21.6 Å². The van der Waals surface area contributed by atoms with Gasteiger partial charge in [-0.15, -0.1) is 0 Å².